The van der Waals surface area contributed by atoms with Crippen molar-refractivity contribution in [2.24, 2.45) is 0 Å². The van der Waals surface area contributed by atoms with Crippen molar-refractivity contribution in [1.29, 1.82) is 0 Å². The van der Waals surface area contributed by atoms with Crippen LogP contribution in [-0.2, 0) is 27.8 Å². The molecule has 200 valence electrons. The van der Waals surface area contributed by atoms with Crippen LogP contribution in [-0.4, -0.2) is 56.9 Å². The molecule has 0 spiro atoms. The first-order valence-corrected chi connectivity index (χ1v) is 13.4. The zero-order valence-electron chi connectivity index (χ0n) is 21.5. The zero-order chi connectivity index (χ0) is 27.0. The topological polar surface area (TPSA) is 89.3 Å². The third-order valence-corrected chi connectivity index (χ3v) is 8.17. The third-order valence-electron chi connectivity index (χ3n) is 6.19. The van der Waals surface area contributed by atoms with Gasteiger partial charge in [0.1, 0.15) is 11.6 Å². The van der Waals surface area contributed by atoms with Gasteiger partial charge in [-0.2, -0.15) is 4.31 Å². The van der Waals surface area contributed by atoms with Gasteiger partial charge in [0, 0.05) is 12.6 Å². The summed E-state index contributed by atoms with van der Waals surface area (Å²) in [5, 5.41) is 0. The normalized spacial score (nSPS) is 12.4. The number of benzene rings is 2. The highest BCUT2D eigenvalue weighted by Crippen LogP contribution is 2.28. The standard InChI is InChI=1S/C27H33FN2O6S/c1-5-20(2)30(37(32,33)24-11-9-22(28)10-12-24)19-27(31)29(18-23-7-6-16-36-23)15-14-21-8-13-25(34-3)26(17-21)35-4/h6-13,16-17,20H,5,14-15,18-19H2,1-4H3. The highest BCUT2D eigenvalue weighted by molar-refractivity contribution is 7.89. The molecule has 0 aliphatic rings. The van der Waals surface area contributed by atoms with Crippen LogP contribution in [0.15, 0.2) is 70.2 Å². The molecule has 1 amide bonds. The number of hydrogen-bond acceptors (Lipinski definition) is 6. The number of carbonyl (C=O) groups is 1. The average molecular weight is 533 g/mol. The van der Waals surface area contributed by atoms with Crippen molar-refractivity contribution in [3.63, 3.8) is 0 Å². The summed E-state index contributed by atoms with van der Waals surface area (Å²) in [5.41, 5.74) is 0.924. The molecule has 1 unspecified atom stereocenters. The van der Waals surface area contributed by atoms with Crippen LogP contribution in [0, 0.1) is 5.82 Å². The van der Waals surface area contributed by atoms with Gasteiger partial charge in [0.05, 0.1) is 38.5 Å². The Morgan fingerprint density at radius 3 is 2.35 bits per heavy atom. The van der Waals surface area contributed by atoms with Gasteiger partial charge >= 0.3 is 0 Å². The molecule has 0 radical (unpaired) electrons. The maximum absolute atomic E-state index is 13.6. The molecule has 1 aromatic heterocycles. The van der Waals surface area contributed by atoms with Crippen LogP contribution in [0.1, 0.15) is 31.6 Å². The summed E-state index contributed by atoms with van der Waals surface area (Å²) in [4.78, 5) is 15.1. The Morgan fingerprint density at radius 1 is 1.05 bits per heavy atom. The third kappa shape index (κ3) is 7.11. The number of hydrogen-bond donors (Lipinski definition) is 0. The largest absolute Gasteiger partial charge is 0.493 e. The van der Waals surface area contributed by atoms with E-state index in [2.05, 4.69) is 0 Å². The van der Waals surface area contributed by atoms with Crippen molar-refractivity contribution in [2.45, 2.75) is 44.2 Å². The molecule has 0 N–H and O–H groups in total. The van der Waals surface area contributed by atoms with E-state index in [9.17, 15) is 17.6 Å². The summed E-state index contributed by atoms with van der Waals surface area (Å²) in [6, 6.07) is 13.2. The molecule has 2 aromatic carbocycles. The van der Waals surface area contributed by atoms with Crippen LogP contribution in [0.3, 0.4) is 0 Å². The molecule has 10 heteroatoms. The van der Waals surface area contributed by atoms with Gasteiger partial charge in [0.25, 0.3) is 0 Å². The predicted octanol–water partition coefficient (Wildman–Crippen LogP) is 4.50. The minimum absolute atomic E-state index is 0.0649. The SMILES string of the molecule is CCC(C)N(CC(=O)N(CCc1ccc(OC)c(OC)c1)Cc1ccco1)S(=O)(=O)c1ccc(F)cc1. The van der Waals surface area contributed by atoms with Gasteiger partial charge in [0.15, 0.2) is 11.5 Å². The van der Waals surface area contributed by atoms with Crippen molar-refractivity contribution in [3.8, 4) is 11.5 Å². The lowest BCUT2D eigenvalue weighted by molar-refractivity contribution is -0.132. The smallest absolute Gasteiger partial charge is 0.243 e. The van der Waals surface area contributed by atoms with E-state index in [0.717, 1.165) is 17.7 Å². The lowest BCUT2D eigenvalue weighted by Gasteiger charge is -2.30. The lowest BCUT2D eigenvalue weighted by atomic mass is 10.1. The fraction of sp³-hybridized carbons (Fsp3) is 0.370. The minimum atomic E-state index is -4.04. The number of halogens is 1. The van der Waals surface area contributed by atoms with Crippen molar-refractivity contribution in [2.75, 3.05) is 27.3 Å². The molecule has 37 heavy (non-hydrogen) atoms. The Labute approximate surface area is 217 Å². The number of ether oxygens (including phenoxy) is 2. The summed E-state index contributed by atoms with van der Waals surface area (Å²) < 4.78 is 57.6. The number of rotatable bonds is 13. The first-order chi connectivity index (χ1) is 17.7. The Kier molecular flexibility index (Phi) is 9.71. The Morgan fingerprint density at radius 2 is 1.76 bits per heavy atom. The number of methoxy groups -OCH3 is 2. The molecule has 1 atom stereocenters. The van der Waals surface area contributed by atoms with E-state index < -0.39 is 21.9 Å². The van der Waals surface area contributed by atoms with E-state index in [0.29, 0.717) is 36.6 Å². The maximum atomic E-state index is 13.6. The molecule has 0 fully saturated rings. The maximum Gasteiger partial charge on any atom is 0.243 e. The summed E-state index contributed by atoms with van der Waals surface area (Å²) >= 11 is 0. The fourth-order valence-electron chi connectivity index (χ4n) is 3.84. The minimum Gasteiger partial charge on any atom is -0.493 e. The monoisotopic (exact) mass is 532 g/mol. The van der Waals surface area contributed by atoms with E-state index in [1.165, 1.54) is 22.7 Å². The van der Waals surface area contributed by atoms with Gasteiger partial charge in [-0.3, -0.25) is 4.79 Å². The van der Waals surface area contributed by atoms with Crippen molar-refractivity contribution in [1.82, 2.24) is 9.21 Å². The molecule has 1 heterocycles. The van der Waals surface area contributed by atoms with Crippen LogP contribution in [0.25, 0.3) is 0 Å². The Hall–Kier alpha value is -3.37. The molecule has 8 nitrogen and oxygen atoms in total. The molecule has 3 aromatic rings. The van der Waals surface area contributed by atoms with Crippen molar-refractivity contribution >= 4 is 15.9 Å². The second-order valence-electron chi connectivity index (χ2n) is 8.60. The molecule has 0 bridgehead atoms. The Balaban J connectivity index is 1.84. The zero-order valence-corrected chi connectivity index (χ0v) is 22.3. The van der Waals surface area contributed by atoms with Gasteiger partial charge < -0.3 is 18.8 Å². The highest BCUT2D eigenvalue weighted by Gasteiger charge is 2.32. The molecular weight excluding hydrogens is 499 g/mol. The van der Waals surface area contributed by atoms with Crippen LogP contribution >= 0.6 is 0 Å². The van der Waals surface area contributed by atoms with Gasteiger partial charge in [-0.05, 0) is 73.9 Å². The van der Waals surface area contributed by atoms with Crippen LogP contribution in [0.5, 0.6) is 11.5 Å². The highest BCUT2D eigenvalue weighted by atomic mass is 32.2. The summed E-state index contributed by atoms with van der Waals surface area (Å²) in [6.45, 7) is 3.74. The van der Waals surface area contributed by atoms with E-state index in [4.69, 9.17) is 13.9 Å². The predicted molar refractivity (Wildman–Crippen MR) is 137 cm³/mol. The van der Waals surface area contributed by atoms with Crippen molar-refractivity contribution < 1.29 is 31.5 Å². The summed E-state index contributed by atoms with van der Waals surface area (Å²) in [6.07, 6.45) is 2.52. The summed E-state index contributed by atoms with van der Waals surface area (Å²) in [7, 11) is -0.923. The average Bonchev–Trinajstić information content (AvgIpc) is 3.42. The number of sulfonamides is 1. The van der Waals surface area contributed by atoms with E-state index in [-0.39, 0.29) is 23.9 Å². The summed E-state index contributed by atoms with van der Waals surface area (Å²) in [5.74, 6) is 0.854. The van der Waals surface area contributed by atoms with Crippen LogP contribution in [0.4, 0.5) is 4.39 Å². The molecule has 0 saturated heterocycles. The molecular formula is C27H33FN2O6S. The first-order valence-electron chi connectivity index (χ1n) is 12.0. The number of furan rings is 1. The fourth-order valence-corrected chi connectivity index (χ4v) is 5.49. The molecule has 0 saturated carbocycles. The van der Waals surface area contributed by atoms with E-state index in [1.54, 1.807) is 44.2 Å². The van der Waals surface area contributed by atoms with E-state index in [1.807, 2.05) is 19.1 Å². The number of nitrogens with zero attached hydrogens (tertiary/aromatic N) is 2. The molecule has 0 aliphatic heterocycles. The second kappa shape index (κ2) is 12.7. The first kappa shape index (κ1) is 28.2. The van der Waals surface area contributed by atoms with Crippen LogP contribution in [0.2, 0.25) is 0 Å². The lowest BCUT2D eigenvalue weighted by Crippen LogP contribution is -2.46. The Bertz CT molecular complexity index is 1260. The number of amides is 1. The molecule has 0 aliphatic carbocycles. The van der Waals surface area contributed by atoms with E-state index >= 15 is 0 Å². The quantitative estimate of drug-likeness (QED) is 0.322. The van der Waals surface area contributed by atoms with Gasteiger partial charge in [-0.25, -0.2) is 12.8 Å². The van der Waals surface area contributed by atoms with Gasteiger partial charge in [-0.15, -0.1) is 0 Å². The van der Waals surface area contributed by atoms with Crippen LogP contribution < -0.4 is 9.47 Å². The second-order valence-corrected chi connectivity index (χ2v) is 10.5. The molecule has 3 rings (SSSR count). The van der Waals surface area contributed by atoms with Gasteiger partial charge in [0.2, 0.25) is 15.9 Å². The van der Waals surface area contributed by atoms with Crippen molar-refractivity contribution in [3.05, 3.63) is 78.0 Å². The number of carbonyl (C=O) groups excluding carboxylic acids is 1. The van der Waals surface area contributed by atoms with Gasteiger partial charge in [-0.1, -0.05) is 13.0 Å².